The summed E-state index contributed by atoms with van der Waals surface area (Å²) in [6, 6.07) is 5.70. The van der Waals surface area contributed by atoms with Crippen molar-refractivity contribution in [3.05, 3.63) is 29.8 Å². The molecular weight excluding hydrogens is 230 g/mol. The molecule has 0 atom stereocenters. The molecule has 0 saturated heterocycles. The molecule has 0 aliphatic rings. The first kappa shape index (κ1) is 12.7. The lowest BCUT2D eigenvalue weighted by Gasteiger charge is -2.05. The van der Waals surface area contributed by atoms with Gasteiger partial charge in [0.05, 0.1) is 17.6 Å². The van der Waals surface area contributed by atoms with Gasteiger partial charge < -0.3 is 4.74 Å². The molecule has 0 aromatic heterocycles. The topological polar surface area (TPSA) is 72.5 Å². The maximum atomic E-state index is 11.6. The molecule has 1 rings (SSSR count). The number of ether oxygens (including phenoxy) is 1. The van der Waals surface area contributed by atoms with E-state index in [-0.39, 0.29) is 10.5 Å². The van der Waals surface area contributed by atoms with Gasteiger partial charge in [0.2, 0.25) is 10.0 Å². The molecule has 0 fully saturated rings. The molecule has 1 N–H and O–H groups in total. The zero-order chi connectivity index (χ0) is 12.2. The maximum Gasteiger partial charge on any atom is 0.337 e. The Morgan fingerprint density at radius 1 is 1.44 bits per heavy atom. The monoisotopic (exact) mass is 243 g/mol. The van der Waals surface area contributed by atoms with Crippen LogP contribution in [0, 0.1) is 0 Å². The van der Waals surface area contributed by atoms with E-state index < -0.39 is 16.0 Å². The zero-order valence-corrected chi connectivity index (χ0v) is 9.87. The largest absolute Gasteiger partial charge is 0.465 e. The molecule has 5 nitrogen and oxygen atoms in total. The van der Waals surface area contributed by atoms with Crippen molar-refractivity contribution in [1.29, 1.82) is 0 Å². The summed E-state index contributed by atoms with van der Waals surface area (Å²) in [5, 5.41) is 0. The summed E-state index contributed by atoms with van der Waals surface area (Å²) in [5.41, 5.74) is 0.210. The summed E-state index contributed by atoms with van der Waals surface area (Å²) < 4.78 is 30.1. The molecular formula is C10H13NO4S. The van der Waals surface area contributed by atoms with E-state index in [4.69, 9.17) is 0 Å². The number of hydrogen-bond acceptors (Lipinski definition) is 4. The highest BCUT2D eigenvalue weighted by atomic mass is 32.2. The van der Waals surface area contributed by atoms with Crippen LogP contribution in [0.3, 0.4) is 0 Å². The van der Waals surface area contributed by atoms with Crippen LogP contribution in [-0.2, 0) is 14.8 Å². The summed E-state index contributed by atoms with van der Waals surface area (Å²) in [5.74, 6) is -0.562. The van der Waals surface area contributed by atoms with Gasteiger partial charge >= 0.3 is 5.97 Å². The molecule has 0 heterocycles. The summed E-state index contributed by atoms with van der Waals surface area (Å²) in [7, 11) is -2.29. The van der Waals surface area contributed by atoms with Crippen molar-refractivity contribution in [2.45, 2.75) is 11.8 Å². The van der Waals surface area contributed by atoms with Gasteiger partial charge in [-0.25, -0.2) is 17.9 Å². The summed E-state index contributed by atoms with van der Waals surface area (Å²) in [6.45, 7) is 1.98. The number of methoxy groups -OCH3 is 1. The van der Waals surface area contributed by atoms with Crippen LogP contribution in [0.5, 0.6) is 0 Å². The van der Waals surface area contributed by atoms with E-state index >= 15 is 0 Å². The van der Waals surface area contributed by atoms with Crippen molar-refractivity contribution < 1.29 is 17.9 Å². The molecule has 0 aliphatic heterocycles. The Morgan fingerprint density at radius 2 is 2.12 bits per heavy atom. The summed E-state index contributed by atoms with van der Waals surface area (Å²) >= 11 is 0. The Labute approximate surface area is 94.5 Å². The molecule has 0 radical (unpaired) electrons. The number of benzene rings is 1. The molecule has 0 amide bonds. The highest BCUT2D eigenvalue weighted by Crippen LogP contribution is 2.11. The van der Waals surface area contributed by atoms with Crippen molar-refractivity contribution in [1.82, 2.24) is 4.72 Å². The Bertz CT molecular complexity index is 481. The van der Waals surface area contributed by atoms with Crippen molar-refractivity contribution in [2.75, 3.05) is 13.7 Å². The van der Waals surface area contributed by atoms with Gasteiger partial charge in [0.15, 0.2) is 0 Å². The number of hydrogen-bond donors (Lipinski definition) is 1. The van der Waals surface area contributed by atoms with Gasteiger partial charge in [0, 0.05) is 6.54 Å². The van der Waals surface area contributed by atoms with Crippen LogP contribution in [0.25, 0.3) is 0 Å². The Balaban J connectivity index is 3.13. The van der Waals surface area contributed by atoms with Crippen LogP contribution in [-0.4, -0.2) is 28.0 Å². The van der Waals surface area contributed by atoms with Gasteiger partial charge in [-0.2, -0.15) is 0 Å². The summed E-state index contributed by atoms with van der Waals surface area (Å²) in [6.07, 6.45) is 0. The lowest BCUT2D eigenvalue weighted by Crippen LogP contribution is -2.23. The van der Waals surface area contributed by atoms with E-state index in [0.717, 1.165) is 0 Å². The molecule has 0 saturated carbocycles. The first-order valence-electron chi connectivity index (χ1n) is 4.69. The number of rotatable bonds is 4. The second-order valence-electron chi connectivity index (χ2n) is 3.02. The second-order valence-corrected chi connectivity index (χ2v) is 4.79. The van der Waals surface area contributed by atoms with Crippen LogP contribution in [0.2, 0.25) is 0 Å². The molecule has 1 aromatic rings. The fourth-order valence-electron chi connectivity index (χ4n) is 1.18. The van der Waals surface area contributed by atoms with E-state index in [1.165, 1.54) is 31.4 Å². The lowest BCUT2D eigenvalue weighted by molar-refractivity contribution is 0.0600. The fraction of sp³-hybridized carbons (Fsp3) is 0.300. The minimum absolute atomic E-state index is 0.0530. The van der Waals surface area contributed by atoms with E-state index in [2.05, 4.69) is 9.46 Å². The molecule has 6 heteroatoms. The number of carbonyl (C=O) groups is 1. The van der Waals surface area contributed by atoms with Gasteiger partial charge in [-0.05, 0) is 18.2 Å². The number of esters is 1. The van der Waals surface area contributed by atoms with Gasteiger partial charge in [0.1, 0.15) is 0 Å². The minimum atomic E-state index is -3.53. The third-order valence-electron chi connectivity index (χ3n) is 1.90. The van der Waals surface area contributed by atoms with Gasteiger partial charge in [0.25, 0.3) is 0 Å². The Kier molecular flexibility index (Phi) is 4.03. The molecule has 0 unspecified atom stereocenters. The molecule has 0 spiro atoms. The number of nitrogens with one attached hydrogen (secondary N) is 1. The van der Waals surface area contributed by atoms with Crippen molar-refractivity contribution in [2.24, 2.45) is 0 Å². The molecule has 88 valence electrons. The van der Waals surface area contributed by atoms with E-state index in [1.807, 2.05) is 0 Å². The first-order valence-corrected chi connectivity index (χ1v) is 6.17. The minimum Gasteiger partial charge on any atom is -0.465 e. The average molecular weight is 243 g/mol. The smallest absolute Gasteiger partial charge is 0.337 e. The standard InChI is InChI=1S/C10H13NO4S/c1-3-11-16(13,14)9-6-4-5-8(7-9)10(12)15-2/h4-7,11H,3H2,1-2H3. The molecule has 1 aromatic carbocycles. The van der Waals surface area contributed by atoms with Crippen LogP contribution < -0.4 is 4.72 Å². The average Bonchev–Trinajstić information content (AvgIpc) is 2.28. The summed E-state index contributed by atoms with van der Waals surface area (Å²) in [4.78, 5) is 11.3. The molecule has 0 bridgehead atoms. The zero-order valence-electron chi connectivity index (χ0n) is 9.06. The van der Waals surface area contributed by atoms with Crippen LogP contribution in [0.1, 0.15) is 17.3 Å². The number of carbonyl (C=O) groups excluding carboxylic acids is 1. The second kappa shape index (κ2) is 5.09. The Hall–Kier alpha value is -1.40. The van der Waals surface area contributed by atoms with Crippen LogP contribution >= 0.6 is 0 Å². The first-order chi connectivity index (χ1) is 7.51. The van der Waals surface area contributed by atoms with Crippen LogP contribution in [0.15, 0.2) is 29.2 Å². The lowest BCUT2D eigenvalue weighted by atomic mass is 10.2. The van der Waals surface area contributed by atoms with E-state index in [9.17, 15) is 13.2 Å². The van der Waals surface area contributed by atoms with Gasteiger partial charge in [-0.15, -0.1) is 0 Å². The van der Waals surface area contributed by atoms with Gasteiger partial charge in [-0.1, -0.05) is 13.0 Å². The molecule has 0 aliphatic carbocycles. The highest BCUT2D eigenvalue weighted by molar-refractivity contribution is 7.89. The van der Waals surface area contributed by atoms with Crippen LogP contribution in [0.4, 0.5) is 0 Å². The SMILES string of the molecule is CCNS(=O)(=O)c1cccc(C(=O)OC)c1. The van der Waals surface area contributed by atoms with E-state index in [1.54, 1.807) is 6.92 Å². The van der Waals surface area contributed by atoms with Crippen molar-refractivity contribution in [3.63, 3.8) is 0 Å². The van der Waals surface area contributed by atoms with E-state index in [0.29, 0.717) is 6.54 Å². The fourth-order valence-corrected chi connectivity index (χ4v) is 2.27. The third-order valence-corrected chi connectivity index (χ3v) is 3.44. The maximum absolute atomic E-state index is 11.6. The van der Waals surface area contributed by atoms with Crippen molar-refractivity contribution >= 4 is 16.0 Å². The quantitative estimate of drug-likeness (QED) is 0.793. The normalized spacial score (nSPS) is 11.1. The highest BCUT2D eigenvalue weighted by Gasteiger charge is 2.15. The predicted octanol–water partition coefficient (Wildman–Crippen LogP) is 0.771. The number of sulfonamides is 1. The third kappa shape index (κ3) is 2.80. The van der Waals surface area contributed by atoms with Crippen molar-refractivity contribution in [3.8, 4) is 0 Å². The Morgan fingerprint density at radius 3 is 2.69 bits per heavy atom. The van der Waals surface area contributed by atoms with Gasteiger partial charge in [-0.3, -0.25) is 0 Å². The predicted molar refractivity (Wildman–Crippen MR) is 58.6 cm³/mol. The molecule has 16 heavy (non-hydrogen) atoms.